The highest BCUT2D eigenvalue weighted by atomic mass is 16.3. The van der Waals surface area contributed by atoms with E-state index in [1.165, 1.54) is 0 Å². The maximum atomic E-state index is 12.2. The molecule has 1 aromatic heterocycles. The molecule has 2 rings (SSSR count). The van der Waals surface area contributed by atoms with Crippen molar-refractivity contribution in [3.63, 3.8) is 0 Å². The van der Waals surface area contributed by atoms with E-state index < -0.39 is 0 Å². The van der Waals surface area contributed by atoms with Gasteiger partial charge in [0.1, 0.15) is 5.76 Å². The van der Waals surface area contributed by atoms with Crippen LogP contribution >= 0.6 is 0 Å². The molecule has 1 fully saturated rings. The topological polar surface area (TPSA) is 57.2 Å². The van der Waals surface area contributed by atoms with Crippen molar-refractivity contribution in [3.05, 3.63) is 23.7 Å². The highest BCUT2D eigenvalue weighted by Crippen LogP contribution is 2.29. The van der Waals surface area contributed by atoms with Gasteiger partial charge in [-0.25, -0.2) is 0 Å². The molecule has 0 aliphatic heterocycles. The van der Waals surface area contributed by atoms with Crippen LogP contribution in [-0.2, 0) is 0 Å². The summed E-state index contributed by atoms with van der Waals surface area (Å²) in [6.45, 7) is 1.84. The zero-order chi connectivity index (χ0) is 13.8. The van der Waals surface area contributed by atoms with Gasteiger partial charge in [-0.1, -0.05) is 0 Å². The van der Waals surface area contributed by atoms with E-state index in [-0.39, 0.29) is 11.9 Å². The molecule has 0 atom stereocenters. The molecule has 19 heavy (non-hydrogen) atoms. The summed E-state index contributed by atoms with van der Waals surface area (Å²) < 4.78 is 5.38. The third kappa shape index (κ3) is 3.17. The fraction of sp³-hybridized carbons (Fsp3) is 0.600. The van der Waals surface area contributed by atoms with Gasteiger partial charge in [-0.15, -0.1) is 0 Å². The number of hydrogen-bond donors (Lipinski definition) is 0. The lowest BCUT2D eigenvalue weighted by molar-refractivity contribution is 0.0643. The second kappa shape index (κ2) is 5.92. The van der Waals surface area contributed by atoms with Gasteiger partial charge in [0, 0.05) is 19.5 Å². The minimum atomic E-state index is -0.0446. The number of carbonyl (C=O) groups excluding carboxylic acids is 1. The van der Waals surface area contributed by atoms with Gasteiger partial charge in [-0.3, -0.25) is 4.79 Å². The largest absolute Gasteiger partial charge is 0.456 e. The first kappa shape index (κ1) is 13.7. The van der Waals surface area contributed by atoms with E-state index in [9.17, 15) is 4.79 Å². The molecule has 1 aromatic rings. The quantitative estimate of drug-likeness (QED) is 0.839. The number of amides is 1. The average Bonchev–Trinajstić information content (AvgIpc) is 2.85. The van der Waals surface area contributed by atoms with Gasteiger partial charge in [-0.05, 0) is 50.7 Å². The number of rotatable bonds is 3. The number of aryl methyl sites for hydroxylation is 1. The molecule has 1 amide bonds. The molecule has 0 saturated heterocycles. The third-order valence-electron chi connectivity index (χ3n) is 4.02. The Kier molecular flexibility index (Phi) is 4.26. The number of furan rings is 1. The molecule has 0 radical (unpaired) electrons. The van der Waals surface area contributed by atoms with Crippen LogP contribution in [0, 0.1) is 24.2 Å². The molecular formula is C15H20N2O2. The first-order valence-electron chi connectivity index (χ1n) is 6.82. The van der Waals surface area contributed by atoms with Crippen LogP contribution in [0.25, 0.3) is 0 Å². The molecule has 4 nitrogen and oxygen atoms in total. The molecule has 4 heteroatoms. The predicted octanol–water partition coefficient (Wildman–Crippen LogP) is 3.13. The van der Waals surface area contributed by atoms with Crippen LogP contribution in [0.1, 0.15) is 48.4 Å². The van der Waals surface area contributed by atoms with Crippen LogP contribution in [0.4, 0.5) is 0 Å². The molecular weight excluding hydrogens is 240 g/mol. The minimum Gasteiger partial charge on any atom is -0.456 e. The van der Waals surface area contributed by atoms with Crippen LogP contribution < -0.4 is 0 Å². The van der Waals surface area contributed by atoms with Crippen LogP contribution in [0.2, 0.25) is 0 Å². The molecule has 1 aliphatic rings. The Bertz CT molecular complexity index is 479. The van der Waals surface area contributed by atoms with Gasteiger partial charge < -0.3 is 9.32 Å². The second-order valence-electron chi connectivity index (χ2n) is 5.36. The molecule has 1 aliphatic carbocycles. The summed E-state index contributed by atoms with van der Waals surface area (Å²) in [6.07, 6.45) is 4.67. The van der Waals surface area contributed by atoms with Gasteiger partial charge in [-0.2, -0.15) is 5.26 Å². The van der Waals surface area contributed by atoms with E-state index in [2.05, 4.69) is 6.07 Å². The first-order chi connectivity index (χ1) is 9.11. The highest BCUT2D eigenvalue weighted by molar-refractivity contribution is 5.91. The third-order valence-corrected chi connectivity index (χ3v) is 4.02. The van der Waals surface area contributed by atoms with Gasteiger partial charge in [0.05, 0.1) is 6.07 Å². The van der Waals surface area contributed by atoms with E-state index >= 15 is 0 Å². The number of hydrogen-bond acceptors (Lipinski definition) is 3. The van der Waals surface area contributed by atoms with Crippen molar-refractivity contribution in [3.8, 4) is 6.07 Å². The summed E-state index contributed by atoms with van der Waals surface area (Å²) in [7, 11) is 1.84. The Labute approximate surface area is 114 Å². The summed E-state index contributed by atoms with van der Waals surface area (Å²) in [5.74, 6) is 1.64. The number of carbonyl (C=O) groups is 1. The summed E-state index contributed by atoms with van der Waals surface area (Å²) in [4.78, 5) is 14.0. The van der Waals surface area contributed by atoms with E-state index in [4.69, 9.17) is 9.68 Å². The van der Waals surface area contributed by atoms with Crippen molar-refractivity contribution in [2.45, 2.75) is 45.1 Å². The van der Waals surface area contributed by atoms with Gasteiger partial charge in [0.15, 0.2) is 5.76 Å². The van der Waals surface area contributed by atoms with E-state index in [1.54, 1.807) is 11.0 Å². The monoisotopic (exact) mass is 260 g/mol. The summed E-state index contributed by atoms with van der Waals surface area (Å²) in [5.41, 5.74) is 0. The normalized spacial score (nSPS) is 22.8. The smallest absolute Gasteiger partial charge is 0.289 e. The molecule has 0 bridgehead atoms. The summed E-state index contributed by atoms with van der Waals surface area (Å²) >= 11 is 0. The molecule has 1 heterocycles. The van der Waals surface area contributed by atoms with Crippen LogP contribution in [0.3, 0.4) is 0 Å². The van der Waals surface area contributed by atoms with Crippen molar-refractivity contribution in [1.82, 2.24) is 4.90 Å². The van der Waals surface area contributed by atoms with Gasteiger partial charge in [0.2, 0.25) is 0 Å². The van der Waals surface area contributed by atoms with Crippen molar-refractivity contribution in [2.75, 3.05) is 7.05 Å². The van der Waals surface area contributed by atoms with Crippen LogP contribution in [-0.4, -0.2) is 23.9 Å². The molecule has 0 spiro atoms. The number of nitriles is 1. The zero-order valence-electron chi connectivity index (χ0n) is 11.6. The second-order valence-corrected chi connectivity index (χ2v) is 5.36. The molecule has 102 valence electrons. The predicted molar refractivity (Wildman–Crippen MR) is 71.5 cm³/mol. The summed E-state index contributed by atoms with van der Waals surface area (Å²) in [5, 5.41) is 8.71. The Morgan fingerprint density at radius 2 is 2.11 bits per heavy atom. The standard InChI is InChI=1S/C15H20N2O2/c1-11-3-8-14(19-11)15(18)17(2)13-6-4-12(5-7-13)9-10-16/h3,8,12-13H,4-7,9H2,1-2H3. The van der Waals surface area contributed by atoms with E-state index in [1.807, 2.05) is 20.0 Å². The zero-order valence-corrected chi connectivity index (χ0v) is 11.6. The minimum absolute atomic E-state index is 0.0446. The number of nitrogens with zero attached hydrogens (tertiary/aromatic N) is 2. The first-order valence-corrected chi connectivity index (χ1v) is 6.82. The summed E-state index contributed by atoms with van der Waals surface area (Å²) in [6, 6.07) is 6.05. The van der Waals surface area contributed by atoms with Crippen molar-refractivity contribution < 1.29 is 9.21 Å². The lowest BCUT2D eigenvalue weighted by Gasteiger charge is -2.33. The van der Waals surface area contributed by atoms with Crippen molar-refractivity contribution in [1.29, 1.82) is 5.26 Å². The van der Waals surface area contributed by atoms with Crippen molar-refractivity contribution in [2.24, 2.45) is 5.92 Å². The van der Waals surface area contributed by atoms with Crippen LogP contribution in [0.5, 0.6) is 0 Å². The lowest BCUT2D eigenvalue weighted by Crippen LogP contribution is -2.39. The van der Waals surface area contributed by atoms with Crippen LogP contribution in [0.15, 0.2) is 16.5 Å². The van der Waals surface area contributed by atoms with E-state index in [0.717, 1.165) is 31.4 Å². The Morgan fingerprint density at radius 1 is 1.42 bits per heavy atom. The average molecular weight is 260 g/mol. The van der Waals surface area contributed by atoms with Crippen molar-refractivity contribution >= 4 is 5.91 Å². The molecule has 0 N–H and O–H groups in total. The maximum Gasteiger partial charge on any atom is 0.289 e. The molecule has 1 saturated carbocycles. The highest BCUT2D eigenvalue weighted by Gasteiger charge is 2.27. The Morgan fingerprint density at radius 3 is 2.63 bits per heavy atom. The lowest BCUT2D eigenvalue weighted by atomic mass is 9.84. The molecule has 0 unspecified atom stereocenters. The Balaban J connectivity index is 1.92. The fourth-order valence-electron chi connectivity index (χ4n) is 2.75. The Hall–Kier alpha value is -1.76. The molecule has 0 aromatic carbocycles. The van der Waals surface area contributed by atoms with E-state index in [0.29, 0.717) is 18.1 Å². The van der Waals surface area contributed by atoms with Gasteiger partial charge >= 0.3 is 0 Å². The maximum absolute atomic E-state index is 12.2. The fourth-order valence-corrected chi connectivity index (χ4v) is 2.75. The SMILES string of the molecule is Cc1ccc(C(=O)N(C)C2CCC(CC#N)CC2)o1. The van der Waals surface area contributed by atoms with Gasteiger partial charge in [0.25, 0.3) is 5.91 Å².